The number of ether oxygens (including phenoxy) is 2. The van der Waals surface area contributed by atoms with Gasteiger partial charge in [-0.3, -0.25) is 0 Å². The zero-order chi connectivity index (χ0) is 14.9. The Morgan fingerprint density at radius 1 is 0.818 bits per heavy atom. The van der Waals surface area contributed by atoms with Crippen LogP contribution in [0.2, 0.25) is 0 Å². The molecule has 0 spiro atoms. The van der Waals surface area contributed by atoms with Crippen LogP contribution in [0.5, 0.6) is 17.2 Å². The summed E-state index contributed by atoms with van der Waals surface area (Å²) in [6.45, 7) is 0. The normalized spacial score (nSPS) is 12.0. The molecule has 0 N–H and O–H groups in total. The van der Waals surface area contributed by atoms with Gasteiger partial charge in [0.15, 0.2) is 0 Å². The molecule has 1 aliphatic rings. The minimum absolute atomic E-state index is 0.871. The molecule has 1 heterocycles. The summed E-state index contributed by atoms with van der Waals surface area (Å²) < 4.78 is 11.3. The first kappa shape index (κ1) is 13.0. The van der Waals surface area contributed by atoms with E-state index in [1.165, 1.54) is 22.3 Å². The molecular weight excluding hydrogens is 272 g/mol. The van der Waals surface area contributed by atoms with Gasteiger partial charge in [-0.25, -0.2) is 0 Å². The van der Waals surface area contributed by atoms with Crippen molar-refractivity contribution in [2.75, 3.05) is 7.11 Å². The number of hydrogen-bond donors (Lipinski definition) is 0. The molecule has 3 aromatic rings. The van der Waals surface area contributed by atoms with Crippen molar-refractivity contribution in [1.29, 1.82) is 0 Å². The van der Waals surface area contributed by atoms with Crippen molar-refractivity contribution >= 4 is 0 Å². The van der Waals surface area contributed by atoms with Gasteiger partial charge in [0.05, 0.1) is 7.11 Å². The molecule has 0 atom stereocenters. The van der Waals surface area contributed by atoms with Gasteiger partial charge in [-0.15, -0.1) is 0 Å². The summed E-state index contributed by atoms with van der Waals surface area (Å²) in [5.74, 6) is 2.78. The molecule has 0 radical (unpaired) electrons. The lowest BCUT2D eigenvalue weighted by Gasteiger charge is -2.22. The van der Waals surface area contributed by atoms with Gasteiger partial charge in [0.25, 0.3) is 0 Å². The van der Waals surface area contributed by atoms with Crippen LogP contribution in [-0.4, -0.2) is 7.11 Å². The Bertz CT molecular complexity index is 819. The summed E-state index contributed by atoms with van der Waals surface area (Å²) >= 11 is 0. The van der Waals surface area contributed by atoms with Crippen LogP contribution >= 0.6 is 0 Å². The lowest BCUT2D eigenvalue weighted by Crippen LogP contribution is -2.04. The highest BCUT2D eigenvalue weighted by atomic mass is 16.5. The first-order valence-electron chi connectivity index (χ1n) is 7.37. The van der Waals surface area contributed by atoms with Crippen LogP contribution in [0.4, 0.5) is 0 Å². The molecule has 108 valence electrons. The Balaban J connectivity index is 1.80. The van der Waals surface area contributed by atoms with E-state index in [9.17, 15) is 0 Å². The summed E-state index contributed by atoms with van der Waals surface area (Å²) in [4.78, 5) is 0. The van der Waals surface area contributed by atoms with Gasteiger partial charge >= 0.3 is 0 Å². The Morgan fingerprint density at radius 2 is 1.59 bits per heavy atom. The van der Waals surface area contributed by atoms with Crippen LogP contribution in [0.15, 0.2) is 66.7 Å². The van der Waals surface area contributed by atoms with Crippen molar-refractivity contribution in [1.82, 2.24) is 0 Å². The zero-order valence-electron chi connectivity index (χ0n) is 12.4. The highest BCUT2D eigenvalue weighted by Crippen LogP contribution is 2.41. The summed E-state index contributed by atoms with van der Waals surface area (Å²) in [5.41, 5.74) is 4.87. The molecule has 0 amide bonds. The quantitative estimate of drug-likeness (QED) is 0.513. The number of fused-ring (bicyclic) bond motifs is 2. The molecule has 0 bridgehead atoms. The predicted octanol–water partition coefficient (Wildman–Crippen LogP) is 5.06. The fourth-order valence-corrected chi connectivity index (χ4v) is 2.94. The van der Waals surface area contributed by atoms with Gasteiger partial charge in [-0.2, -0.15) is 0 Å². The van der Waals surface area contributed by atoms with Gasteiger partial charge in [0.1, 0.15) is 17.2 Å². The molecule has 0 unspecified atom stereocenters. The fourth-order valence-electron chi connectivity index (χ4n) is 2.94. The average molecular weight is 288 g/mol. The molecule has 3 aromatic carbocycles. The van der Waals surface area contributed by atoms with E-state index in [4.69, 9.17) is 9.47 Å². The monoisotopic (exact) mass is 288 g/mol. The standard InChI is InChI=1S/C20H16O2/c1-21-16-11-9-14(10-12-16)17-6-4-8-20-18(17)13-15-5-2-3-7-19(15)22-20/h2-12H,13H2,1H3. The first-order chi connectivity index (χ1) is 10.8. The zero-order valence-corrected chi connectivity index (χ0v) is 12.4. The molecule has 1 aliphatic heterocycles. The molecule has 0 saturated heterocycles. The lowest BCUT2D eigenvalue weighted by atomic mass is 9.92. The van der Waals surface area contributed by atoms with Crippen LogP contribution in [0.3, 0.4) is 0 Å². The molecule has 2 nitrogen and oxygen atoms in total. The number of hydrogen-bond acceptors (Lipinski definition) is 2. The maximum atomic E-state index is 6.06. The average Bonchev–Trinajstić information content (AvgIpc) is 2.59. The van der Waals surface area contributed by atoms with Crippen molar-refractivity contribution in [2.45, 2.75) is 6.42 Å². The molecular formula is C20H16O2. The van der Waals surface area contributed by atoms with Crippen molar-refractivity contribution in [3.05, 3.63) is 77.9 Å². The summed E-state index contributed by atoms with van der Waals surface area (Å²) in [7, 11) is 1.68. The van der Waals surface area contributed by atoms with E-state index in [2.05, 4.69) is 30.3 Å². The van der Waals surface area contributed by atoms with E-state index < -0.39 is 0 Å². The van der Waals surface area contributed by atoms with E-state index in [1.54, 1.807) is 7.11 Å². The van der Waals surface area contributed by atoms with Gasteiger partial charge in [-0.05, 0) is 41.0 Å². The van der Waals surface area contributed by atoms with Crippen LogP contribution in [0, 0.1) is 0 Å². The Morgan fingerprint density at radius 3 is 2.41 bits per heavy atom. The number of rotatable bonds is 2. The number of methoxy groups -OCH3 is 1. The first-order valence-corrected chi connectivity index (χ1v) is 7.37. The molecule has 2 heteroatoms. The second-order valence-electron chi connectivity index (χ2n) is 5.40. The number of para-hydroxylation sites is 1. The van der Waals surface area contributed by atoms with Gasteiger partial charge in [0.2, 0.25) is 0 Å². The lowest BCUT2D eigenvalue weighted by molar-refractivity contribution is 0.415. The third-order valence-corrected chi connectivity index (χ3v) is 4.09. The van der Waals surface area contributed by atoms with E-state index in [1.807, 2.05) is 36.4 Å². The third kappa shape index (κ3) is 2.13. The van der Waals surface area contributed by atoms with Crippen LogP contribution < -0.4 is 9.47 Å². The Kier molecular flexibility index (Phi) is 3.08. The second-order valence-corrected chi connectivity index (χ2v) is 5.40. The summed E-state index contributed by atoms with van der Waals surface area (Å²) in [6, 6.07) is 22.6. The van der Waals surface area contributed by atoms with Crippen molar-refractivity contribution < 1.29 is 9.47 Å². The van der Waals surface area contributed by atoms with Crippen molar-refractivity contribution in [2.24, 2.45) is 0 Å². The minimum atomic E-state index is 0.871. The van der Waals surface area contributed by atoms with E-state index in [-0.39, 0.29) is 0 Å². The topological polar surface area (TPSA) is 18.5 Å². The van der Waals surface area contributed by atoms with Crippen LogP contribution in [0.1, 0.15) is 11.1 Å². The van der Waals surface area contributed by atoms with Crippen molar-refractivity contribution in [3.8, 4) is 28.4 Å². The smallest absolute Gasteiger partial charge is 0.131 e. The maximum Gasteiger partial charge on any atom is 0.131 e. The van der Waals surface area contributed by atoms with E-state index in [0.29, 0.717) is 0 Å². The maximum absolute atomic E-state index is 6.06. The van der Waals surface area contributed by atoms with Crippen LogP contribution in [0.25, 0.3) is 11.1 Å². The van der Waals surface area contributed by atoms with E-state index >= 15 is 0 Å². The van der Waals surface area contributed by atoms with Gasteiger partial charge in [0, 0.05) is 12.0 Å². The number of benzene rings is 3. The summed E-state index contributed by atoms with van der Waals surface area (Å²) in [5, 5.41) is 0. The second kappa shape index (κ2) is 5.23. The summed E-state index contributed by atoms with van der Waals surface area (Å²) in [6.07, 6.45) is 0.897. The third-order valence-electron chi connectivity index (χ3n) is 4.09. The SMILES string of the molecule is COc1ccc(-c2cccc3c2Cc2ccccc2O3)cc1. The Hall–Kier alpha value is -2.74. The highest BCUT2D eigenvalue weighted by Gasteiger charge is 2.19. The fraction of sp³-hybridized carbons (Fsp3) is 0.100. The van der Waals surface area contributed by atoms with Crippen molar-refractivity contribution in [3.63, 3.8) is 0 Å². The predicted molar refractivity (Wildman–Crippen MR) is 87.8 cm³/mol. The van der Waals surface area contributed by atoms with Gasteiger partial charge in [-0.1, -0.05) is 42.5 Å². The molecule has 0 saturated carbocycles. The van der Waals surface area contributed by atoms with Gasteiger partial charge < -0.3 is 9.47 Å². The molecule has 4 rings (SSSR count). The molecule has 22 heavy (non-hydrogen) atoms. The minimum Gasteiger partial charge on any atom is -0.497 e. The Labute approximate surface area is 129 Å². The largest absolute Gasteiger partial charge is 0.497 e. The van der Waals surface area contributed by atoms with E-state index in [0.717, 1.165) is 23.7 Å². The molecule has 0 aromatic heterocycles. The highest BCUT2D eigenvalue weighted by molar-refractivity contribution is 5.72. The molecule has 0 aliphatic carbocycles. The molecule has 0 fully saturated rings. The van der Waals surface area contributed by atoms with Crippen LogP contribution in [-0.2, 0) is 6.42 Å².